The highest BCUT2D eigenvalue weighted by Crippen LogP contribution is 2.55. The lowest BCUT2D eigenvalue weighted by molar-refractivity contribution is -0.316. The van der Waals surface area contributed by atoms with Crippen LogP contribution in [-0.4, -0.2) is 54.1 Å². The van der Waals surface area contributed by atoms with Gasteiger partial charge in [0.05, 0.1) is 13.0 Å². The zero-order chi connectivity index (χ0) is 24.6. The average Bonchev–Trinajstić information content (AvgIpc) is 3.32. The smallest absolute Gasteiger partial charge is 0.305 e. The fourth-order valence-electron chi connectivity index (χ4n) is 5.49. The summed E-state index contributed by atoms with van der Waals surface area (Å²) in [6.07, 6.45) is 9.42. The van der Waals surface area contributed by atoms with Gasteiger partial charge < -0.3 is 18.9 Å². The first kappa shape index (κ1) is 28.3. The summed E-state index contributed by atoms with van der Waals surface area (Å²) in [6, 6.07) is 0. The third-order valence-corrected chi connectivity index (χ3v) is 8.68. The van der Waals surface area contributed by atoms with Gasteiger partial charge in [0, 0.05) is 23.4 Å². The molecule has 3 fully saturated rings. The molecule has 8 heteroatoms. The predicted octanol–water partition coefficient (Wildman–Crippen LogP) is 6.61. The van der Waals surface area contributed by atoms with Crippen molar-refractivity contribution in [2.24, 2.45) is 11.8 Å². The van der Waals surface area contributed by atoms with Crippen molar-refractivity contribution in [3.05, 3.63) is 12.2 Å². The van der Waals surface area contributed by atoms with Crippen molar-refractivity contribution in [1.29, 1.82) is 0 Å². The minimum absolute atomic E-state index is 0.0550. The summed E-state index contributed by atoms with van der Waals surface area (Å²) in [5, 5.41) is 0. The Morgan fingerprint density at radius 2 is 2.09 bits per heavy atom. The SMILES string of the molecule is CCCC[C@@H](F)CC=C[C@H]1CC[C@@]2(OC3CCCCO3)OC(C(I)CCCC(=O)OC)[C@@H](F)[C@H]12. The zero-order valence-corrected chi connectivity index (χ0v) is 22.7. The highest BCUT2D eigenvalue weighted by atomic mass is 127. The number of ether oxygens (including phenoxy) is 4. The van der Waals surface area contributed by atoms with Gasteiger partial charge in [0.2, 0.25) is 0 Å². The quantitative estimate of drug-likeness (QED) is 0.103. The number of halogens is 3. The average molecular weight is 599 g/mol. The predicted molar refractivity (Wildman–Crippen MR) is 135 cm³/mol. The van der Waals surface area contributed by atoms with Crippen LogP contribution < -0.4 is 0 Å². The lowest BCUT2D eigenvalue weighted by Crippen LogP contribution is -2.42. The number of methoxy groups -OCH3 is 1. The molecule has 0 radical (unpaired) electrons. The van der Waals surface area contributed by atoms with E-state index in [1.165, 1.54) is 7.11 Å². The second kappa shape index (κ2) is 13.8. The van der Waals surface area contributed by atoms with E-state index in [4.69, 9.17) is 18.9 Å². The molecule has 1 saturated carbocycles. The Morgan fingerprint density at radius 1 is 1.26 bits per heavy atom. The highest BCUT2D eigenvalue weighted by molar-refractivity contribution is 14.1. The van der Waals surface area contributed by atoms with Gasteiger partial charge in [-0.3, -0.25) is 4.79 Å². The number of carbonyl (C=O) groups is 1. The Morgan fingerprint density at radius 3 is 2.79 bits per heavy atom. The third-order valence-electron chi connectivity index (χ3n) is 7.35. The molecule has 0 spiro atoms. The monoisotopic (exact) mass is 598 g/mol. The molecular formula is C26H41F2IO5. The number of carbonyl (C=O) groups excluding carboxylic acids is 1. The molecule has 1 aliphatic carbocycles. The van der Waals surface area contributed by atoms with E-state index >= 15 is 4.39 Å². The summed E-state index contributed by atoms with van der Waals surface area (Å²) < 4.78 is 53.4. The summed E-state index contributed by atoms with van der Waals surface area (Å²) in [5.41, 5.74) is 0. The molecule has 34 heavy (non-hydrogen) atoms. The van der Waals surface area contributed by atoms with Crippen LogP contribution >= 0.6 is 22.6 Å². The number of unbranched alkanes of at least 4 members (excludes halogenated alkanes) is 1. The van der Waals surface area contributed by atoms with Crippen LogP contribution in [0.3, 0.4) is 0 Å². The van der Waals surface area contributed by atoms with E-state index in [9.17, 15) is 9.18 Å². The number of hydrogen-bond donors (Lipinski definition) is 0. The normalized spacial score (nSPS) is 35.4. The second-order valence-corrected chi connectivity index (χ2v) is 11.5. The molecule has 0 N–H and O–H groups in total. The first-order valence-electron chi connectivity index (χ1n) is 13.0. The summed E-state index contributed by atoms with van der Waals surface area (Å²) in [4.78, 5) is 11.5. The number of esters is 1. The molecule has 3 aliphatic rings. The number of hydrogen-bond acceptors (Lipinski definition) is 5. The van der Waals surface area contributed by atoms with E-state index in [0.29, 0.717) is 45.1 Å². The van der Waals surface area contributed by atoms with Gasteiger partial charge in [0.1, 0.15) is 18.4 Å². The molecule has 196 valence electrons. The molecular weight excluding hydrogens is 557 g/mol. The fourth-order valence-corrected chi connectivity index (χ4v) is 6.47. The summed E-state index contributed by atoms with van der Waals surface area (Å²) in [7, 11) is 1.37. The first-order valence-corrected chi connectivity index (χ1v) is 14.3. The van der Waals surface area contributed by atoms with Crippen molar-refractivity contribution in [1.82, 2.24) is 0 Å². The van der Waals surface area contributed by atoms with E-state index < -0.39 is 30.2 Å². The van der Waals surface area contributed by atoms with E-state index in [0.717, 1.165) is 38.5 Å². The number of fused-ring (bicyclic) bond motifs is 1. The van der Waals surface area contributed by atoms with Crippen molar-refractivity contribution in [2.75, 3.05) is 13.7 Å². The number of allylic oxidation sites excluding steroid dienone is 2. The molecule has 8 atom stereocenters. The molecule has 2 heterocycles. The summed E-state index contributed by atoms with van der Waals surface area (Å²) in [6.45, 7) is 2.71. The van der Waals surface area contributed by atoms with Gasteiger partial charge in [-0.1, -0.05) is 54.5 Å². The summed E-state index contributed by atoms with van der Waals surface area (Å²) >= 11 is 2.24. The summed E-state index contributed by atoms with van der Waals surface area (Å²) in [5.74, 6) is -1.76. The Kier molecular flexibility index (Phi) is 11.5. The largest absolute Gasteiger partial charge is 0.469 e. The van der Waals surface area contributed by atoms with Gasteiger partial charge in [0.25, 0.3) is 0 Å². The van der Waals surface area contributed by atoms with Crippen LogP contribution in [0.5, 0.6) is 0 Å². The van der Waals surface area contributed by atoms with Crippen molar-refractivity contribution in [3.8, 4) is 0 Å². The van der Waals surface area contributed by atoms with Crippen LogP contribution in [0.1, 0.15) is 84.0 Å². The molecule has 5 nitrogen and oxygen atoms in total. The van der Waals surface area contributed by atoms with E-state index in [1.54, 1.807) is 0 Å². The topological polar surface area (TPSA) is 54.0 Å². The molecule has 2 saturated heterocycles. The third kappa shape index (κ3) is 7.35. The van der Waals surface area contributed by atoms with Crippen LogP contribution in [-0.2, 0) is 23.7 Å². The minimum Gasteiger partial charge on any atom is -0.469 e. The Bertz CT molecular complexity index is 659. The molecule has 0 bridgehead atoms. The molecule has 0 amide bonds. The molecule has 3 unspecified atom stereocenters. The first-order chi connectivity index (χ1) is 16.4. The lowest BCUT2D eigenvalue weighted by Gasteiger charge is -2.35. The van der Waals surface area contributed by atoms with Crippen LogP contribution in [0.15, 0.2) is 12.2 Å². The van der Waals surface area contributed by atoms with Crippen molar-refractivity contribution >= 4 is 28.6 Å². The maximum Gasteiger partial charge on any atom is 0.305 e. The van der Waals surface area contributed by atoms with Crippen LogP contribution in [0.2, 0.25) is 0 Å². The Hall–Kier alpha value is -0.320. The van der Waals surface area contributed by atoms with Crippen molar-refractivity contribution in [3.63, 3.8) is 0 Å². The van der Waals surface area contributed by atoms with E-state index in [2.05, 4.69) is 29.5 Å². The zero-order valence-electron chi connectivity index (χ0n) is 20.6. The molecule has 0 aromatic heterocycles. The maximum atomic E-state index is 16.0. The maximum absolute atomic E-state index is 16.0. The van der Waals surface area contributed by atoms with E-state index in [1.807, 2.05) is 12.2 Å². The fraction of sp³-hybridized carbons (Fsp3) is 0.885. The lowest BCUT2D eigenvalue weighted by atomic mass is 9.87. The van der Waals surface area contributed by atoms with Crippen LogP contribution in [0.25, 0.3) is 0 Å². The molecule has 2 aliphatic heterocycles. The van der Waals surface area contributed by atoms with E-state index in [-0.39, 0.29) is 22.1 Å². The van der Waals surface area contributed by atoms with Gasteiger partial charge in [-0.25, -0.2) is 8.78 Å². The van der Waals surface area contributed by atoms with Gasteiger partial charge in [-0.2, -0.15) is 0 Å². The highest BCUT2D eigenvalue weighted by Gasteiger charge is 2.64. The number of rotatable bonds is 13. The Labute approximate surface area is 216 Å². The molecule has 0 aromatic carbocycles. The minimum atomic E-state index is -1.19. The number of alkyl halides is 3. The van der Waals surface area contributed by atoms with Crippen molar-refractivity contribution in [2.45, 2.75) is 118 Å². The van der Waals surface area contributed by atoms with Gasteiger partial charge in [0.15, 0.2) is 12.1 Å². The van der Waals surface area contributed by atoms with Crippen molar-refractivity contribution < 1.29 is 32.5 Å². The molecule has 3 rings (SSSR count). The van der Waals surface area contributed by atoms with Gasteiger partial charge in [-0.15, -0.1) is 0 Å². The van der Waals surface area contributed by atoms with Gasteiger partial charge >= 0.3 is 5.97 Å². The standard InChI is InChI=1S/C26H41F2IO5/c1-3-4-10-19(27)11-7-9-18-15-16-26(33-22-14-5-6-17-32-22)23(18)24(28)25(34-26)20(29)12-8-13-21(30)31-2/h7,9,18-20,22-25H,3-6,8,10-17H2,1-2H3/t18-,19+,20?,22?,23-,24-,25?,26+/m0/s1. The second-order valence-electron chi connectivity index (χ2n) is 9.87. The van der Waals surface area contributed by atoms with Crippen LogP contribution in [0, 0.1) is 11.8 Å². The molecule has 0 aromatic rings. The van der Waals surface area contributed by atoms with Crippen LogP contribution in [0.4, 0.5) is 8.78 Å². The Balaban J connectivity index is 1.68. The van der Waals surface area contributed by atoms with Gasteiger partial charge in [-0.05, 0) is 57.3 Å².